The molecule has 29 heavy (non-hydrogen) atoms. The van der Waals surface area contributed by atoms with Crippen LogP contribution in [0.15, 0.2) is 54.6 Å². The zero-order valence-electron chi connectivity index (χ0n) is 16.0. The van der Waals surface area contributed by atoms with Crippen molar-refractivity contribution in [3.8, 4) is 0 Å². The summed E-state index contributed by atoms with van der Waals surface area (Å²) in [5, 5.41) is 0.820. The van der Waals surface area contributed by atoms with E-state index in [0.29, 0.717) is 5.69 Å². The van der Waals surface area contributed by atoms with Gasteiger partial charge < -0.3 is 4.98 Å². The minimum Gasteiger partial charge on any atom is -0.358 e. The molecule has 1 unspecified atom stereocenters. The van der Waals surface area contributed by atoms with E-state index in [2.05, 4.69) is 4.98 Å². The zero-order chi connectivity index (χ0) is 21.4. The maximum absolute atomic E-state index is 13.8. The summed E-state index contributed by atoms with van der Waals surface area (Å²) in [6.45, 7) is 3.10. The summed E-state index contributed by atoms with van der Waals surface area (Å²) in [6, 6.07) is 13.4. The lowest BCUT2D eigenvalue weighted by Gasteiger charge is -2.32. The van der Waals surface area contributed by atoms with Gasteiger partial charge in [0.1, 0.15) is 0 Å². The second-order valence-corrected chi connectivity index (χ2v) is 7.99. The van der Waals surface area contributed by atoms with Gasteiger partial charge in [-0.2, -0.15) is 26.3 Å². The Morgan fingerprint density at radius 2 is 1.48 bits per heavy atom. The van der Waals surface area contributed by atoms with Gasteiger partial charge in [-0.25, -0.2) is 0 Å². The van der Waals surface area contributed by atoms with Gasteiger partial charge in [0.05, 0.1) is 11.5 Å². The molecule has 3 aromatic rings. The predicted molar refractivity (Wildman–Crippen MR) is 101 cm³/mol. The number of para-hydroxylation sites is 1. The number of H-pyrrole nitrogens is 1. The third kappa shape index (κ3) is 4.95. The summed E-state index contributed by atoms with van der Waals surface area (Å²) in [5.41, 5.74) is -0.512. The molecule has 0 saturated heterocycles. The first-order valence-electron chi connectivity index (χ1n) is 9.17. The van der Waals surface area contributed by atoms with E-state index >= 15 is 0 Å². The molecule has 0 radical (unpaired) electrons. The number of aromatic amines is 1. The molecule has 0 aliphatic carbocycles. The molecule has 0 saturated carbocycles. The predicted octanol–water partition coefficient (Wildman–Crippen LogP) is 7.28. The van der Waals surface area contributed by atoms with Crippen LogP contribution in [0.4, 0.5) is 26.3 Å². The highest BCUT2D eigenvalue weighted by molar-refractivity contribution is 5.80. The molecule has 0 bridgehead atoms. The van der Waals surface area contributed by atoms with Crippen LogP contribution in [0.1, 0.15) is 37.1 Å². The molecule has 1 heterocycles. The molecular weight excluding hydrogens is 392 g/mol. The summed E-state index contributed by atoms with van der Waals surface area (Å²) in [7, 11) is 0. The van der Waals surface area contributed by atoms with Crippen molar-refractivity contribution in [2.75, 3.05) is 0 Å². The minimum atomic E-state index is -4.54. The van der Waals surface area contributed by atoms with Crippen LogP contribution in [-0.2, 0) is 18.0 Å². The number of halogens is 6. The van der Waals surface area contributed by atoms with Crippen LogP contribution in [0.2, 0.25) is 0 Å². The van der Waals surface area contributed by atoms with Crippen LogP contribution in [0.25, 0.3) is 10.9 Å². The van der Waals surface area contributed by atoms with Gasteiger partial charge in [0, 0.05) is 11.2 Å². The van der Waals surface area contributed by atoms with Crippen molar-refractivity contribution in [1.29, 1.82) is 0 Å². The average molecular weight is 413 g/mol. The zero-order valence-corrected chi connectivity index (χ0v) is 16.0. The summed E-state index contributed by atoms with van der Waals surface area (Å²) in [6.07, 6.45) is -9.61. The van der Waals surface area contributed by atoms with E-state index in [1.807, 2.05) is 6.07 Å². The Balaban J connectivity index is 1.88. The Kier molecular flexibility index (Phi) is 5.45. The van der Waals surface area contributed by atoms with Gasteiger partial charge in [-0.15, -0.1) is 0 Å². The standard InChI is InChI=1S/C22H21F6N/c1-20(2,15-7-5-8-16(11-15)21(23,24)25)13-17(22(26,27)28)12-18-10-14-6-3-4-9-19(14)29-18/h3-11,17,29H,12-13H2,1-2H3. The Labute approximate surface area is 164 Å². The van der Waals surface area contributed by atoms with E-state index < -0.39 is 29.2 Å². The molecule has 1 N–H and O–H groups in total. The Morgan fingerprint density at radius 1 is 0.828 bits per heavy atom. The molecule has 0 aliphatic heterocycles. The topological polar surface area (TPSA) is 15.8 Å². The third-order valence-electron chi connectivity index (χ3n) is 5.24. The average Bonchev–Trinajstić information content (AvgIpc) is 3.02. The quantitative estimate of drug-likeness (QED) is 0.423. The van der Waals surface area contributed by atoms with Crippen LogP contribution in [0.3, 0.4) is 0 Å². The van der Waals surface area contributed by atoms with Gasteiger partial charge in [-0.3, -0.25) is 0 Å². The molecule has 3 rings (SSSR count). The second-order valence-electron chi connectivity index (χ2n) is 7.99. The third-order valence-corrected chi connectivity index (χ3v) is 5.24. The highest BCUT2D eigenvalue weighted by atomic mass is 19.4. The monoisotopic (exact) mass is 413 g/mol. The number of nitrogens with one attached hydrogen (secondary N) is 1. The van der Waals surface area contributed by atoms with Crippen LogP contribution >= 0.6 is 0 Å². The number of hydrogen-bond donors (Lipinski definition) is 1. The van der Waals surface area contributed by atoms with Crippen molar-refractivity contribution in [3.05, 3.63) is 71.4 Å². The van der Waals surface area contributed by atoms with Crippen LogP contribution in [0.5, 0.6) is 0 Å². The van der Waals surface area contributed by atoms with Gasteiger partial charge >= 0.3 is 12.4 Å². The first kappa shape index (κ1) is 21.3. The summed E-state index contributed by atoms with van der Waals surface area (Å²) in [4.78, 5) is 3.00. The van der Waals surface area contributed by atoms with Crippen LogP contribution in [-0.4, -0.2) is 11.2 Å². The number of benzene rings is 2. The Hall–Kier alpha value is -2.44. The van der Waals surface area contributed by atoms with Crippen molar-refractivity contribution in [3.63, 3.8) is 0 Å². The molecule has 156 valence electrons. The molecule has 0 aliphatic rings. The molecule has 1 atom stereocenters. The normalized spacial score (nSPS) is 14.3. The fourth-order valence-corrected chi connectivity index (χ4v) is 3.66. The van der Waals surface area contributed by atoms with E-state index in [0.717, 1.165) is 23.0 Å². The van der Waals surface area contributed by atoms with E-state index in [4.69, 9.17) is 0 Å². The SMILES string of the molecule is CC(C)(CC(Cc1cc2ccccc2[nH]1)C(F)(F)F)c1cccc(C(F)(F)F)c1. The first-order valence-corrected chi connectivity index (χ1v) is 9.17. The van der Waals surface area contributed by atoms with Crippen molar-refractivity contribution in [2.45, 2.75) is 44.5 Å². The van der Waals surface area contributed by atoms with Gasteiger partial charge in [0.2, 0.25) is 0 Å². The summed E-state index contributed by atoms with van der Waals surface area (Å²) in [5.74, 6) is -1.69. The van der Waals surface area contributed by atoms with Gasteiger partial charge in [0.25, 0.3) is 0 Å². The Morgan fingerprint density at radius 3 is 2.10 bits per heavy atom. The molecule has 1 nitrogen and oxygen atoms in total. The maximum Gasteiger partial charge on any atom is 0.416 e. The van der Waals surface area contributed by atoms with Crippen molar-refractivity contribution in [2.24, 2.45) is 5.92 Å². The lowest BCUT2D eigenvalue weighted by Crippen LogP contribution is -2.32. The highest BCUT2D eigenvalue weighted by Crippen LogP contribution is 2.41. The van der Waals surface area contributed by atoms with Crippen molar-refractivity contribution >= 4 is 10.9 Å². The van der Waals surface area contributed by atoms with E-state index in [1.54, 1.807) is 38.1 Å². The molecular formula is C22H21F6N. The number of hydrogen-bond acceptors (Lipinski definition) is 0. The number of aromatic nitrogens is 1. The molecule has 0 fully saturated rings. The smallest absolute Gasteiger partial charge is 0.358 e. The molecule has 1 aromatic heterocycles. The first-order chi connectivity index (χ1) is 13.4. The summed E-state index contributed by atoms with van der Waals surface area (Å²) >= 11 is 0. The summed E-state index contributed by atoms with van der Waals surface area (Å²) < 4.78 is 80.4. The van der Waals surface area contributed by atoms with Gasteiger partial charge in [-0.1, -0.05) is 50.2 Å². The molecule has 7 heteroatoms. The minimum absolute atomic E-state index is 0.234. The maximum atomic E-state index is 13.8. The lowest BCUT2D eigenvalue weighted by molar-refractivity contribution is -0.179. The van der Waals surface area contributed by atoms with Gasteiger partial charge in [-0.05, 0) is 47.4 Å². The fraction of sp³-hybridized carbons (Fsp3) is 0.364. The lowest BCUT2D eigenvalue weighted by atomic mass is 9.75. The molecule has 0 spiro atoms. The highest BCUT2D eigenvalue weighted by Gasteiger charge is 2.43. The van der Waals surface area contributed by atoms with Crippen molar-refractivity contribution in [1.82, 2.24) is 4.98 Å². The number of rotatable bonds is 5. The Bertz CT molecular complexity index is 948. The second kappa shape index (κ2) is 7.43. The van der Waals surface area contributed by atoms with Crippen LogP contribution < -0.4 is 0 Å². The van der Waals surface area contributed by atoms with E-state index in [-0.39, 0.29) is 18.4 Å². The molecule has 0 amide bonds. The number of alkyl halides is 6. The van der Waals surface area contributed by atoms with Crippen molar-refractivity contribution < 1.29 is 26.3 Å². The largest absolute Gasteiger partial charge is 0.416 e. The number of fused-ring (bicyclic) bond motifs is 1. The molecule has 2 aromatic carbocycles. The van der Waals surface area contributed by atoms with E-state index in [1.165, 1.54) is 12.1 Å². The van der Waals surface area contributed by atoms with E-state index in [9.17, 15) is 26.3 Å². The van der Waals surface area contributed by atoms with Gasteiger partial charge in [0.15, 0.2) is 0 Å². The fourth-order valence-electron chi connectivity index (χ4n) is 3.66. The van der Waals surface area contributed by atoms with Crippen LogP contribution in [0, 0.1) is 5.92 Å².